The first-order chi connectivity index (χ1) is 10.0. The molecule has 0 aliphatic carbocycles. The molecule has 2 aromatic rings. The summed E-state index contributed by atoms with van der Waals surface area (Å²) in [6.45, 7) is 0. The summed E-state index contributed by atoms with van der Waals surface area (Å²) >= 11 is 0. The molecule has 21 heavy (non-hydrogen) atoms. The van der Waals surface area contributed by atoms with Crippen LogP contribution in [-0.4, -0.2) is 36.9 Å². The van der Waals surface area contributed by atoms with Crippen molar-refractivity contribution in [3.63, 3.8) is 0 Å². The first kappa shape index (κ1) is 13.8. The zero-order valence-electron chi connectivity index (χ0n) is 11.2. The Bertz CT molecular complexity index is 774. The molecule has 7 heteroatoms. The fraction of sp³-hybridized carbons (Fsp3) is 0.286. The van der Waals surface area contributed by atoms with E-state index < -0.39 is 9.84 Å². The van der Waals surface area contributed by atoms with Gasteiger partial charge in [0.15, 0.2) is 15.4 Å². The average Bonchev–Trinajstić information content (AvgIpc) is 2.99. The van der Waals surface area contributed by atoms with Crippen LogP contribution in [-0.2, 0) is 14.6 Å². The summed E-state index contributed by atoms with van der Waals surface area (Å²) in [5, 5.41) is 2.66. The molecule has 110 valence electrons. The molecule has 1 aromatic carbocycles. The summed E-state index contributed by atoms with van der Waals surface area (Å²) in [5.74, 6) is 0.132. The molecule has 2 heterocycles. The molecule has 0 spiro atoms. The van der Waals surface area contributed by atoms with E-state index in [0.29, 0.717) is 17.9 Å². The second kappa shape index (κ2) is 5.33. The number of sulfone groups is 1. The lowest BCUT2D eigenvalue weighted by Gasteiger charge is -2.07. The van der Waals surface area contributed by atoms with Gasteiger partial charge in [0, 0.05) is 18.2 Å². The number of carbonyl (C=O) groups excluding carboxylic acids is 1. The molecule has 1 amide bonds. The number of amides is 1. The maximum Gasteiger partial charge on any atom is 0.244 e. The van der Waals surface area contributed by atoms with E-state index in [-0.39, 0.29) is 23.5 Å². The van der Waals surface area contributed by atoms with Crippen LogP contribution in [0.15, 0.2) is 34.8 Å². The maximum absolute atomic E-state index is 11.7. The molecule has 1 fully saturated rings. The fourth-order valence-electron chi connectivity index (χ4n) is 2.27. The molecule has 0 saturated carbocycles. The van der Waals surface area contributed by atoms with Crippen LogP contribution in [0, 0.1) is 0 Å². The van der Waals surface area contributed by atoms with Crippen LogP contribution in [0.25, 0.3) is 17.2 Å². The first-order valence-electron chi connectivity index (χ1n) is 6.56. The third-order valence-corrected chi connectivity index (χ3v) is 5.03. The number of carbonyl (C=O) groups is 1. The third-order valence-electron chi connectivity index (χ3n) is 3.27. The Labute approximate surface area is 121 Å². The van der Waals surface area contributed by atoms with Crippen molar-refractivity contribution in [3.05, 3.63) is 36.2 Å². The maximum atomic E-state index is 11.7. The minimum Gasteiger partial charge on any atom is -0.437 e. The largest absolute Gasteiger partial charge is 0.437 e. The number of benzene rings is 1. The van der Waals surface area contributed by atoms with E-state index in [1.165, 1.54) is 12.2 Å². The molecule has 3 rings (SSSR count). The highest BCUT2D eigenvalue weighted by atomic mass is 32.2. The predicted octanol–water partition coefficient (Wildman–Crippen LogP) is 1.14. The van der Waals surface area contributed by atoms with Crippen LogP contribution in [0.2, 0.25) is 0 Å². The first-order valence-corrected chi connectivity index (χ1v) is 8.38. The minimum atomic E-state index is -3.00. The molecule has 1 aliphatic rings. The van der Waals surface area contributed by atoms with Gasteiger partial charge < -0.3 is 9.73 Å². The van der Waals surface area contributed by atoms with Gasteiger partial charge >= 0.3 is 0 Å². The Balaban J connectivity index is 1.64. The second-order valence-electron chi connectivity index (χ2n) is 4.96. The number of fused-ring (bicyclic) bond motifs is 1. The van der Waals surface area contributed by atoms with Gasteiger partial charge in [0.2, 0.25) is 11.8 Å². The number of rotatable bonds is 3. The number of hydrogen-bond donors (Lipinski definition) is 1. The zero-order chi connectivity index (χ0) is 14.9. The third kappa shape index (κ3) is 3.30. The predicted molar refractivity (Wildman–Crippen MR) is 78.2 cm³/mol. The summed E-state index contributed by atoms with van der Waals surface area (Å²) in [6, 6.07) is 7.00. The van der Waals surface area contributed by atoms with Crippen molar-refractivity contribution in [1.29, 1.82) is 0 Å². The topological polar surface area (TPSA) is 89.3 Å². The SMILES string of the molecule is O=C(/C=C/c1nc2ccccc2o1)N[C@@H]1CCS(=O)(=O)C1. The van der Waals surface area contributed by atoms with Gasteiger partial charge in [0.25, 0.3) is 0 Å². The van der Waals surface area contributed by atoms with E-state index in [1.54, 1.807) is 6.07 Å². The Morgan fingerprint density at radius 3 is 2.90 bits per heavy atom. The smallest absolute Gasteiger partial charge is 0.244 e. The van der Waals surface area contributed by atoms with E-state index in [2.05, 4.69) is 10.3 Å². The van der Waals surface area contributed by atoms with Crippen LogP contribution in [0.4, 0.5) is 0 Å². The molecule has 1 atom stereocenters. The quantitative estimate of drug-likeness (QED) is 0.859. The molecule has 1 N–H and O–H groups in total. The molecule has 1 aliphatic heterocycles. The van der Waals surface area contributed by atoms with Crippen LogP contribution in [0.5, 0.6) is 0 Å². The van der Waals surface area contributed by atoms with Gasteiger partial charge in [-0.15, -0.1) is 0 Å². The lowest BCUT2D eigenvalue weighted by molar-refractivity contribution is -0.116. The highest BCUT2D eigenvalue weighted by Crippen LogP contribution is 2.15. The van der Waals surface area contributed by atoms with Crippen molar-refractivity contribution in [2.45, 2.75) is 12.5 Å². The van der Waals surface area contributed by atoms with Crippen LogP contribution >= 0.6 is 0 Å². The molecule has 6 nitrogen and oxygen atoms in total. The Kier molecular flexibility index (Phi) is 3.50. The summed E-state index contributed by atoms with van der Waals surface area (Å²) in [5.41, 5.74) is 1.37. The normalized spacial score (nSPS) is 21.0. The van der Waals surface area contributed by atoms with Crippen molar-refractivity contribution in [2.75, 3.05) is 11.5 Å². The van der Waals surface area contributed by atoms with Crippen molar-refractivity contribution < 1.29 is 17.6 Å². The van der Waals surface area contributed by atoms with Gasteiger partial charge in [0.05, 0.1) is 11.5 Å². The monoisotopic (exact) mass is 306 g/mol. The van der Waals surface area contributed by atoms with E-state index in [9.17, 15) is 13.2 Å². The Hall–Kier alpha value is -2.15. The van der Waals surface area contributed by atoms with Gasteiger partial charge in [-0.05, 0) is 18.6 Å². The van der Waals surface area contributed by atoms with Crippen molar-refractivity contribution in [2.24, 2.45) is 0 Å². The highest BCUT2D eigenvalue weighted by Gasteiger charge is 2.28. The summed E-state index contributed by atoms with van der Waals surface area (Å²) < 4.78 is 28.1. The molecular weight excluding hydrogens is 292 g/mol. The van der Waals surface area contributed by atoms with Gasteiger partial charge in [-0.2, -0.15) is 0 Å². The van der Waals surface area contributed by atoms with E-state index in [4.69, 9.17) is 4.42 Å². The average molecular weight is 306 g/mol. The second-order valence-corrected chi connectivity index (χ2v) is 7.19. The van der Waals surface area contributed by atoms with Crippen LogP contribution in [0.1, 0.15) is 12.3 Å². The Morgan fingerprint density at radius 2 is 2.19 bits per heavy atom. The summed E-state index contributed by atoms with van der Waals surface area (Å²) in [7, 11) is -3.00. The summed E-state index contributed by atoms with van der Waals surface area (Å²) in [6.07, 6.45) is 3.24. The van der Waals surface area contributed by atoms with Crippen molar-refractivity contribution in [3.8, 4) is 0 Å². The molecule has 0 radical (unpaired) electrons. The van der Waals surface area contributed by atoms with E-state index in [1.807, 2.05) is 18.2 Å². The van der Waals surface area contributed by atoms with Gasteiger partial charge in [0.1, 0.15) is 5.52 Å². The number of hydrogen-bond acceptors (Lipinski definition) is 5. The number of nitrogens with one attached hydrogen (secondary N) is 1. The van der Waals surface area contributed by atoms with Crippen molar-refractivity contribution in [1.82, 2.24) is 10.3 Å². The fourth-order valence-corrected chi connectivity index (χ4v) is 3.94. The number of aromatic nitrogens is 1. The number of para-hydroxylation sites is 2. The minimum absolute atomic E-state index is 0.00939. The summed E-state index contributed by atoms with van der Waals surface area (Å²) in [4.78, 5) is 15.9. The van der Waals surface area contributed by atoms with Gasteiger partial charge in [-0.3, -0.25) is 4.79 Å². The Morgan fingerprint density at radius 1 is 1.38 bits per heavy atom. The highest BCUT2D eigenvalue weighted by molar-refractivity contribution is 7.91. The lowest BCUT2D eigenvalue weighted by Crippen LogP contribution is -2.34. The number of nitrogens with zero attached hydrogens (tertiary/aromatic N) is 1. The van der Waals surface area contributed by atoms with Gasteiger partial charge in [-0.1, -0.05) is 12.1 Å². The molecule has 0 unspecified atom stereocenters. The van der Waals surface area contributed by atoms with E-state index >= 15 is 0 Å². The molecular formula is C14H14N2O4S. The zero-order valence-corrected chi connectivity index (χ0v) is 12.0. The number of oxazole rings is 1. The van der Waals surface area contributed by atoms with Crippen LogP contribution < -0.4 is 5.32 Å². The van der Waals surface area contributed by atoms with Gasteiger partial charge in [-0.25, -0.2) is 13.4 Å². The standard InChI is InChI=1S/C14H14N2O4S/c17-13(15-10-7-8-21(18,19)9-10)5-6-14-16-11-3-1-2-4-12(11)20-14/h1-6,10H,7-9H2,(H,15,17)/b6-5+/t10-/m1/s1. The van der Waals surface area contributed by atoms with E-state index in [0.717, 1.165) is 5.52 Å². The molecule has 0 bridgehead atoms. The van der Waals surface area contributed by atoms with Crippen molar-refractivity contribution >= 4 is 32.9 Å². The lowest BCUT2D eigenvalue weighted by atomic mass is 10.2. The molecule has 1 saturated heterocycles. The molecule has 1 aromatic heterocycles. The van der Waals surface area contributed by atoms with Crippen LogP contribution in [0.3, 0.4) is 0 Å².